The average Bonchev–Trinajstić information content (AvgIpc) is 2.59. The second kappa shape index (κ2) is 4.18. The SMILES string of the molecule is CNC(=O)C(C)N1CCCC1(C)C(=O)O. The Balaban J connectivity index is 2.85. The molecule has 1 saturated heterocycles. The quantitative estimate of drug-likeness (QED) is 0.697. The number of likely N-dealkylation sites (tertiary alicyclic amines) is 1. The number of hydrogen-bond acceptors (Lipinski definition) is 3. The van der Waals surface area contributed by atoms with Crippen LogP contribution in [0.5, 0.6) is 0 Å². The zero-order chi connectivity index (χ0) is 11.6. The van der Waals surface area contributed by atoms with Gasteiger partial charge in [0.15, 0.2) is 0 Å². The predicted octanol–water partition coefficient (Wildman–Crippen LogP) is 0.0600. The second-order valence-electron chi connectivity index (χ2n) is 4.17. The Hall–Kier alpha value is -1.10. The maximum atomic E-state index is 11.5. The highest BCUT2D eigenvalue weighted by atomic mass is 16.4. The number of rotatable bonds is 3. The van der Waals surface area contributed by atoms with E-state index in [4.69, 9.17) is 0 Å². The molecule has 0 spiro atoms. The summed E-state index contributed by atoms with van der Waals surface area (Å²) in [5.41, 5.74) is -0.897. The summed E-state index contributed by atoms with van der Waals surface area (Å²) in [5.74, 6) is -0.986. The van der Waals surface area contributed by atoms with Crippen molar-refractivity contribution in [3.05, 3.63) is 0 Å². The Morgan fingerprint density at radius 1 is 1.53 bits per heavy atom. The van der Waals surface area contributed by atoms with Crippen LogP contribution in [0.15, 0.2) is 0 Å². The summed E-state index contributed by atoms with van der Waals surface area (Å²) < 4.78 is 0. The molecule has 2 atom stereocenters. The van der Waals surface area contributed by atoms with Gasteiger partial charge in [-0.25, -0.2) is 0 Å². The Labute approximate surface area is 89.4 Å². The van der Waals surface area contributed by atoms with Gasteiger partial charge in [-0.15, -0.1) is 0 Å². The van der Waals surface area contributed by atoms with E-state index in [-0.39, 0.29) is 5.91 Å². The lowest BCUT2D eigenvalue weighted by Crippen LogP contribution is -2.55. The van der Waals surface area contributed by atoms with Crippen molar-refractivity contribution in [2.75, 3.05) is 13.6 Å². The number of carbonyl (C=O) groups excluding carboxylic acids is 1. The molecule has 5 nitrogen and oxygen atoms in total. The summed E-state index contributed by atoms with van der Waals surface area (Å²) >= 11 is 0. The molecule has 0 aromatic rings. The van der Waals surface area contributed by atoms with Crippen LogP contribution in [0, 0.1) is 0 Å². The molecule has 0 bridgehead atoms. The fourth-order valence-corrected chi connectivity index (χ4v) is 2.19. The van der Waals surface area contributed by atoms with Crippen molar-refractivity contribution in [3.8, 4) is 0 Å². The molecule has 2 unspecified atom stereocenters. The lowest BCUT2D eigenvalue weighted by Gasteiger charge is -2.34. The van der Waals surface area contributed by atoms with Crippen LogP contribution in [0.1, 0.15) is 26.7 Å². The zero-order valence-electron chi connectivity index (χ0n) is 9.41. The largest absolute Gasteiger partial charge is 0.480 e. The molecule has 1 heterocycles. The fourth-order valence-electron chi connectivity index (χ4n) is 2.19. The van der Waals surface area contributed by atoms with E-state index < -0.39 is 17.6 Å². The molecule has 1 aliphatic heterocycles. The highest BCUT2D eigenvalue weighted by molar-refractivity contribution is 5.84. The number of nitrogens with one attached hydrogen (secondary N) is 1. The summed E-state index contributed by atoms with van der Waals surface area (Å²) in [6, 6.07) is -0.390. The van der Waals surface area contributed by atoms with Crippen LogP contribution < -0.4 is 5.32 Å². The van der Waals surface area contributed by atoms with E-state index in [9.17, 15) is 14.7 Å². The van der Waals surface area contributed by atoms with Crippen molar-refractivity contribution in [1.29, 1.82) is 0 Å². The third-order valence-corrected chi connectivity index (χ3v) is 3.25. The van der Waals surface area contributed by atoms with Crippen molar-refractivity contribution < 1.29 is 14.7 Å². The first kappa shape index (κ1) is 12.0. The minimum atomic E-state index is -0.897. The molecule has 1 rings (SSSR count). The first-order valence-electron chi connectivity index (χ1n) is 5.15. The van der Waals surface area contributed by atoms with E-state index in [2.05, 4.69) is 5.32 Å². The van der Waals surface area contributed by atoms with Gasteiger partial charge in [0.1, 0.15) is 5.54 Å². The van der Waals surface area contributed by atoms with Crippen LogP contribution in [0.3, 0.4) is 0 Å². The van der Waals surface area contributed by atoms with Crippen molar-refractivity contribution in [2.24, 2.45) is 0 Å². The Kier molecular flexibility index (Phi) is 3.34. The molecule has 86 valence electrons. The molecule has 1 amide bonds. The van der Waals surface area contributed by atoms with Crippen LogP contribution in [0.4, 0.5) is 0 Å². The van der Waals surface area contributed by atoms with Crippen LogP contribution in [0.25, 0.3) is 0 Å². The van der Waals surface area contributed by atoms with Gasteiger partial charge in [0.05, 0.1) is 6.04 Å². The minimum Gasteiger partial charge on any atom is -0.480 e. The monoisotopic (exact) mass is 214 g/mol. The highest BCUT2D eigenvalue weighted by Crippen LogP contribution is 2.31. The molecule has 1 fully saturated rings. The van der Waals surface area contributed by atoms with E-state index in [0.717, 1.165) is 6.42 Å². The van der Waals surface area contributed by atoms with Gasteiger partial charge in [0.2, 0.25) is 5.91 Å². The summed E-state index contributed by atoms with van der Waals surface area (Å²) in [6.07, 6.45) is 1.42. The Morgan fingerprint density at radius 2 is 2.13 bits per heavy atom. The van der Waals surface area contributed by atoms with Crippen LogP contribution in [-0.4, -0.2) is 47.1 Å². The van der Waals surface area contributed by atoms with Gasteiger partial charge in [-0.05, 0) is 26.7 Å². The smallest absolute Gasteiger partial charge is 0.323 e. The number of carboxylic acid groups (broad SMARTS) is 1. The molecule has 15 heavy (non-hydrogen) atoms. The maximum Gasteiger partial charge on any atom is 0.323 e. The molecule has 0 aromatic heterocycles. The highest BCUT2D eigenvalue weighted by Gasteiger charge is 2.46. The third kappa shape index (κ3) is 1.97. The van der Waals surface area contributed by atoms with Crippen molar-refractivity contribution >= 4 is 11.9 Å². The molecule has 0 aliphatic carbocycles. The van der Waals surface area contributed by atoms with Crippen LogP contribution in [-0.2, 0) is 9.59 Å². The number of amides is 1. The molecule has 0 aromatic carbocycles. The lowest BCUT2D eigenvalue weighted by molar-refractivity contribution is -0.151. The van der Waals surface area contributed by atoms with Crippen molar-refractivity contribution in [3.63, 3.8) is 0 Å². The Bertz CT molecular complexity index is 280. The normalized spacial score (nSPS) is 28.7. The summed E-state index contributed by atoms with van der Waals surface area (Å²) in [5, 5.41) is 11.7. The topological polar surface area (TPSA) is 69.6 Å². The van der Waals surface area contributed by atoms with E-state index in [1.165, 1.54) is 0 Å². The number of carbonyl (C=O) groups is 2. The van der Waals surface area contributed by atoms with Gasteiger partial charge in [-0.3, -0.25) is 14.5 Å². The van der Waals surface area contributed by atoms with Crippen molar-refractivity contribution in [1.82, 2.24) is 10.2 Å². The summed E-state index contributed by atoms with van der Waals surface area (Å²) in [4.78, 5) is 24.4. The first-order valence-corrected chi connectivity index (χ1v) is 5.15. The van der Waals surface area contributed by atoms with Gasteiger partial charge < -0.3 is 10.4 Å². The third-order valence-electron chi connectivity index (χ3n) is 3.25. The zero-order valence-corrected chi connectivity index (χ0v) is 9.41. The van der Waals surface area contributed by atoms with E-state index in [1.807, 2.05) is 0 Å². The Morgan fingerprint density at radius 3 is 2.60 bits per heavy atom. The number of carboxylic acids is 1. The molecule has 5 heteroatoms. The van der Waals surface area contributed by atoms with Gasteiger partial charge in [-0.2, -0.15) is 0 Å². The molecular weight excluding hydrogens is 196 g/mol. The molecule has 1 aliphatic rings. The van der Waals surface area contributed by atoms with Gasteiger partial charge in [0.25, 0.3) is 0 Å². The number of hydrogen-bond donors (Lipinski definition) is 2. The fraction of sp³-hybridized carbons (Fsp3) is 0.800. The van der Waals surface area contributed by atoms with E-state index in [0.29, 0.717) is 13.0 Å². The second-order valence-corrected chi connectivity index (χ2v) is 4.17. The standard InChI is InChI=1S/C10H18N2O3/c1-7(8(13)11-3)12-6-4-5-10(12,2)9(14)15/h7H,4-6H2,1-3H3,(H,11,13)(H,14,15). The van der Waals surface area contributed by atoms with E-state index >= 15 is 0 Å². The van der Waals surface area contributed by atoms with E-state index in [1.54, 1.807) is 25.8 Å². The number of likely N-dealkylation sites (N-methyl/N-ethyl adjacent to an activating group) is 1. The molecule has 0 saturated carbocycles. The molecule has 0 radical (unpaired) electrons. The molecule has 2 N–H and O–H groups in total. The van der Waals surface area contributed by atoms with Gasteiger partial charge in [-0.1, -0.05) is 0 Å². The van der Waals surface area contributed by atoms with Gasteiger partial charge >= 0.3 is 5.97 Å². The lowest BCUT2D eigenvalue weighted by atomic mass is 9.98. The number of aliphatic carboxylic acids is 1. The van der Waals surface area contributed by atoms with Gasteiger partial charge in [0, 0.05) is 13.6 Å². The summed E-state index contributed by atoms with van der Waals surface area (Å²) in [6.45, 7) is 4.09. The predicted molar refractivity (Wildman–Crippen MR) is 55.5 cm³/mol. The average molecular weight is 214 g/mol. The maximum absolute atomic E-state index is 11.5. The first-order chi connectivity index (χ1) is 6.93. The van der Waals surface area contributed by atoms with Crippen molar-refractivity contribution in [2.45, 2.75) is 38.3 Å². The van der Waals surface area contributed by atoms with Crippen LogP contribution >= 0.6 is 0 Å². The summed E-state index contributed by atoms with van der Waals surface area (Å²) in [7, 11) is 1.56. The van der Waals surface area contributed by atoms with Crippen LogP contribution in [0.2, 0.25) is 0 Å². The number of nitrogens with zero attached hydrogens (tertiary/aromatic N) is 1. The molecular formula is C10H18N2O3. The minimum absolute atomic E-state index is 0.135.